The zero-order valence-corrected chi connectivity index (χ0v) is 19.3. The van der Waals surface area contributed by atoms with Gasteiger partial charge in [-0.25, -0.2) is 9.07 Å². The van der Waals surface area contributed by atoms with Gasteiger partial charge in [0.25, 0.3) is 5.91 Å². The molecule has 2 unspecified atom stereocenters. The van der Waals surface area contributed by atoms with Gasteiger partial charge in [0.2, 0.25) is 0 Å². The number of nitrogens with zero attached hydrogens (tertiary/aromatic N) is 3. The zero-order chi connectivity index (χ0) is 23.2. The number of carbonyl (C=O) groups is 1. The Balaban J connectivity index is 1.18. The molecule has 0 spiro atoms. The molecule has 1 saturated heterocycles. The minimum absolute atomic E-state index is 0.0448. The van der Waals surface area contributed by atoms with Gasteiger partial charge in [-0.2, -0.15) is 5.10 Å². The number of aromatic nitrogens is 2. The Kier molecular flexibility index (Phi) is 7.52. The van der Waals surface area contributed by atoms with Crippen LogP contribution in [0.3, 0.4) is 0 Å². The van der Waals surface area contributed by atoms with Crippen molar-refractivity contribution in [3.63, 3.8) is 0 Å². The van der Waals surface area contributed by atoms with Crippen molar-refractivity contribution in [2.45, 2.75) is 51.1 Å². The fourth-order valence-electron chi connectivity index (χ4n) is 4.35. The van der Waals surface area contributed by atoms with Crippen LogP contribution in [0.2, 0.25) is 0 Å². The van der Waals surface area contributed by atoms with Crippen molar-refractivity contribution < 1.29 is 9.18 Å². The minimum Gasteiger partial charge on any atom is -0.340 e. The normalized spacial score (nSPS) is 17.9. The molecule has 33 heavy (non-hydrogen) atoms. The van der Waals surface area contributed by atoms with Crippen LogP contribution in [0.4, 0.5) is 4.39 Å². The summed E-state index contributed by atoms with van der Waals surface area (Å²) in [4.78, 5) is 14.6. The Bertz CT molecular complexity index is 1050. The van der Waals surface area contributed by atoms with E-state index in [4.69, 9.17) is 0 Å². The number of hydrogen-bond donors (Lipinski definition) is 2. The lowest BCUT2D eigenvalue weighted by molar-refractivity contribution is 0.0786. The summed E-state index contributed by atoms with van der Waals surface area (Å²) in [6, 6.07) is 19.0. The molecular formula is C26H32FN5O. The number of aryl methyl sites for hydroxylation is 1. The first-order valence-electron chi connectivity index (χ1n) is 11.7. The second-order valence-corrected chi connectivity index (χ2v) is 8.82. The first-order valence-corrected chi connectivity index (χ1v) is 11.7. The number of hydrazine groups is 1. The molecule has 0 bridgehead atoms. The highest BCUT2D eigenvalue weighted by molar-refractivity contribution is 5.92. The monoisotopic (exact) mass is 449 g/mol. The van der Waals surface area contributed by atoms with Gasteiger partial charge in [-0.05, 0) is 62.1 Å². The van der Waals surface area contributed by atoms with Crippen molar-refractivity contribution in [1.82, 2.24) is 25.5 Å². The van der Waals surface area contributed by atoms with E-state index in [0.29, 0.717) is 18.3 Å². The molecule has 4 rings (SSSR count). The van der Waals surface area contributed by atoms with Gasteiger partial charge in [-0.3, -0.25) is 15.6 Å². The van der Waals surface area contributed by atoms with E-state index in [0.717, 1.165) is 49.0 Å². The Hall–Kier alpha value is -3.03. The number of halogens is 1. The van der Waals surface area contributed by atoms with E-state index in [1.807, 2.05) is 67.2 Å². The van der Waals surface area contributed by atoms with Gasteiger partial charge in [0, 0.05) is 31.4 Å². The van der Waals surface area contributed by atoms with Crippen molar-refractivity contribution in [3.8, 4) is 5.69 Å². The largest absolute Gasteiger partial charge is 0.340 e. The van der Waals surface area contributed by atoms with Gasteiger partial charge >= 0.3 is 0 Å². The number of unbranched alkanes of at least 4 members (excludes halogenated alkanes) is 2. The van der Waals surface area contributed by atoms with E-state index in [-0.39, 0.29) is 17.8 Å². The summed E-state index contributed by atoms with van der Waals surface area (Å²) in [7, 11) is 1.84. The maximum Gasteiger partial charge on any atom is 0.274 e. The van der Waals surface area contributed by atoms with E-state index in [9.17, 15) is 9.18 Å². The molecule has 2 N–H and O–H groups in total. The third-order valence-electron chi connectivity index (χ3n) is 6.25. The molecule has 6 nitrogen and oxygen atoms in total. The Morgan fingerprint density at radius 3 is 2.61 bits per heavy atom. The van der Waals surface area contributed by atoms with Crippen LogP contribution in [0, 0.1) is 12.7 Å². The van der Waals surface area contributed by atoms with Crippen LogP contribution in [0.25, 0.3) is 5.69 Å². The molecule has 1 amide bonds. The number of benzene rings is 2. The van der Waals surface area contributed by atoms with Crippen LogP contribution in [-0.4, -0.2) is 40.2 Å². The van der Waals surface area contributed by atoms with Crippen LogP contribution in [0.15, 0.2) is 60.7 Å². The van der Waals surface area contributed by atoms with Crippen molar-refractivity contribution in [2.24, 2.45) is 0 Å². The molecular weight excluding hydrogens is 417 g/mol. The van der Waals surface area contributed by atoms with Gasteiger partial charge in [0.1, 0.15) is 5.82 Å². The molecule has 1 aliphatic rings. The highest BCUT2D eigenvalue weighted by Crippen LogP contribution is 2.24. The Labute approximate surface area is 194 Å². The molecule has 0 radical (unpaired) electrons. The fourth-order valence-corrected chi connectivity index (χ4v) is 4.35. The van der Waals surface area contributed by atoms with Gasteiger partial charge in [0.05, 0.1) is 5.69 Å². The van der Waals surface area contributed by atoms with Crippen molar-refractivity contribution in [2.75, 3.05) is 13.6 Å². The lowest BCUT2D eigenvalue weighted by Crippen LogP contribution is -2.31. The molecule has 2 atom stereocenters. The minimum atomic E-state index is -0.204. The summed E-state index contributed by atoms with van der Waals surface area (Å²) >= 11 is 0. The summed E-state index contributed by atoms with van der Waals surface area (Å²) in [5, 5.41) is 4.52. The number of hydrogen-bond acceptors (Lipinski definition) is 4. The highest BCUT2D eigenvalue weighted by atomic mass is 19.1. The average Bonchev–Trinajstić information content (AvgIpc) is 3.46. The van der Waals surface area contributed by atoms with Crippen LogP contribution in [-0.2, 0) is 0 Å². The van der Waals surface area contributed by atoms with Crippen LogP contribution < -0.4 is 10.9 Å². The van der Waals surface area contributed by atoms with Gasteiger partial charge < -0.3 is 4.90 Å². The Morgan fingerprint density at radius 2 is 1.85 bits per heavy atom. The summed E-state index contributed by atoms with van der Waals surface area (Å²) < 4.78 is 14.9. The average molecular weight is 450 g/mol. The molecule has 174 valence electrons. The van der Waals surface area contributed by atoms with Crippen molar-refractivity contribution in [1.29, 1.82) is 0 Å². The summed E-state index contributed by atoms with van der Waals surface area (Å²) in [5.41, 5.74) is 10.2. The predicted octanol–water partition coefficient (Wildman–Crippen LogP) is 4.56. The lowest BCUT2D eigenvalue weighted by Gasteiger charge is -2.16. The molecule has 1 aliphatic heterocycles. The van der Waals surface area contributed by atoms with Crippen LogP contribution >= 0.6 is 0 Å². The first kappa shape index (κ1) is 23.1. The molecule has 2 heterocycles. The second-order valence-electron chi connectivity index (χ2n) is 8.82. The van der Waals surface area contributed by atoms with Crippen LogP contribution in [0.1, 0.15) is 59.9 Å². The third-order valence-corrected chi connectivity index (χ3v) is 6.25. The number of para-hydroxylation sites is 1. The molecule has 2 aromatic carbocycles. The topological polar surface area (TPSA) is 62.2 Å². The quantitative estimate of drug-likeness (QED) is 0.470. The number of nitrogens with one attached hydrogen (secondary N) is 2. The summed E-state index contributed by atoms with van der Waals surface area (Å²) in [6.45, 7) is 2.67. The number of amides is 1. The number of carbonyl (C=O) groups excluding carboxylic acids is 1. The van der Waals surface area contributed by atoms with Crippen molar-refractivity contribution >= 4 is 5.91 Å². The summed E-state index contributed by atoms with van der Waals surface area (Å²) in [6.07, 6.45) is 5.19. The van der Waals surface area contributed by atoms with E-state index in [1.165, 1.54) is 12.1 Å². The fraction of sp³-hybridized carbons (Fsp3) is 0.385. The van der Waals surface area contributed by atoms with Gasteiger partial charge in [-0.15, -0.1) is 0 Å². The summed E-state index contributed by atoms with van der Waals surface area (Å²) in [5.74, 6) is -0.249. The second kappa shape index (κ2) is 10.7. The molecule has 1 aromatic heterocycles. The van der Waals surface area contributed by atoms with Crippen LogP contribution in [0.5, 0.6) is 0 Å². The van der Waals surface area contributed by atoms with Gasteiger partial charge in [-0.1, -0.05) is 43.2 Å². The van der Waals surface area contributed by atoms with Gasteiger partial charge in [0.15, 0.2) is 5.69 Å². The first-order chi connectivity index (χ1) is 16.0. The standard InChI is InChI=1S/C26H32FN5O/c1-19-17-25(30-32(19)23-10-6-3-7-11-23)26(33)31(2)16-8-4-5-9-22-18-24(29-28-22)20-12-14-21(27)15-13-20/h3,6-7,10-15,17,22,24,28-29H,4-5,8-9,16,18H2,1-2H3. The maximum absolute atomic E-state index is 13.1. The zero-order valence-electron chi connectivity index (χ0n) is 19.3. The molecule has 1 fully saturated rings. The molecule has 0 saturated carbocycles. The number of rotatable bonds is 9. The maximum atomic E-state index is 13.1. The van der Waals surface area contributed by atoms with E-state index < -0.39 is 0 Å². The molecule has 3 aromatic rings. The van der Waals surface area contributed by atoms with Crippen molar-refractivity contribution in [3.05, 3.63) is 83.4 Å². The highest BCUT2D eigenvalue weighted by Gasteiger charge is 2.24. The lowest BCUT2D eigenvalue weighted by atomic mass is 9.99. The third kappa shape index (κ3) is 5.86. The van der Waals surface area contributed by atoms with E-state index >= 15 is 0 Å². The molecule has 0 aliphatic carbocycles. The predicted molar refractivity (Wildman–Crippen MR) is 128 cm³/mol. The van der Waals surface area contributed by atoms with E-state index in [2.05, 4.69) is 16.0 Å². The van der Waals surface area contributed by atoms with E-state index in [1.54, 1.807) is 4.90 Å². The smallest absolute Gasteiger partial charge is 0.274 e. The SMILES string of the molecule is Cc1cc(C(=O)N(C)CCCCCC2CC(c3ccc(F)cc3)NN2)nn1-c1ccccc1. The molecule has 7 heteroatoms. The Morgan fingerprint density at radius 1 is 1.09 bits per heavy atom.